The van der Waals surface area contributed by atoms with E-state index in [1.807, 2.05) is 6.07 Å². The van der Waals surface area contributed by atoms with Crippen LogP contribution in [0, 0.1) is 11.7 Å². The third kappa shape index (κ3) is 3.82. The average Bonchev–Trinajstić information content (AvgIpc) is 2.20. The molecule has 0 aliphatic rings. The van der Waals surface area contributed by atoms with E-state index in [1.165, 1.54) is 6.07 Å². The minimum Gasteiger partial charge on any atom is -0.490 e. The fourth-order valence-corrected chi connectivity index (χ4v) is 1.66. The maximum atomic E-state index is 13.4. The van der Waals surface area contributed by atoms with E-state index in [0.29, 0.717) is 23.6 Å². The summed E-state index contributed by atoms with van der Waals surface area (Å²) in [4.78, 5) is 0. The molecule has 0 aliphatic heterocycles. The average molecular weight is 275 g/mol. The lowest BCUT2D eigenvalue weighted by Crippen LogP contribution is -2.04. The van der Waals surface area contributed by atoms with Gasteiger partial charge in [-0.05, 0) is 18.4 Å². The molecule has 0 unspecified atom stereocenters. The van der Waals surface area contributed by atoms with Crippen LogP contribution < -0.4 is 4.74 Å². The molecule has 1 aromatic rings. The van der Waals surface area contributed by atoms with E-state index in [2.05, 4.69) is 29.8 Å². The first-order valence-corrected chi connectivity index (χ1v) is 6.23. The van der Waals surface area contributed by atoms with E-state index >= 15 is 0 Å². The van der Waals surface area contributed by atoms with Crippen LogP contribution in [-0.2, 0) is 5.33 Å². The molecule has 1 aromatic carbocycles. The highest BCUT2D eigenvalue weighted by Crippen LogP contribution is 2.25. The van der Waals surface area contributed by atoms with Crippen molar-refractivity contribution in [2.24, 2.45) is 5.92 Å². The van der Waals surface area contributed by atoms with Crippen LogP contribution in [-0.4, -0.2) is 6.61 Å². The van der Waals surface area contributed by atoms with E-state index in [-0.39, 0.29) is 5.82 Å². The number of ether oxygens (including phenoxy) is 1. The van der Waals surface area contributed by atoms with Crippen LogP contribution in [0.1, 0.15) is 25.8 Å². The van der Waals surface area contributed by atoms with Crippen LogP contribution in [0.3, 0.4) is 0 Å². The van der Waals surface area contributed by atoms with Gasteiger partial charge in [-0.15, -0.1) is 0 Å². The highest BCUT2D eigenvalue weighted by atomic mass is 79.9. The van der Waals surface area contributed by atoms with Crippen molar-refractivity contribution >= 4 is 15.9 Å². The SMILES string of the molecule is CC(C)CCOc1c(F)cccc1CBr. The van der Waals surface area contributed by atoms with Gasteiger partial charge in [0.15, 0.2) is 11.6 Å². The molecule has 1 nitrogen and oxygen atoms in total. The topological polar surface area (TPSA) is 9.23 Å². The summed E-state index contributed by atoms with van der Waals surface area (Å²) in [5.41, 5.74) is 0.860. The Labute approximate surface area is 98.8 Å². The number of para-hydroxylation sites is 1. The Balaban J connectivity index is 2.66. The van der Waals surface area contributed by atoms with Gasteiger partial charge in [-0.3, -0.25) is 0 Å². The Hall–Kier alpha value is -0.570. The molecule has 0 fully saturated rings. The zero-order valence-corrected chi connectivity index (χ0v) is 10.7. The van der Waals surface area contributed by atoms with Crippen molar-refractivity contribution in [2.75, 3.05) is 6.61 Å². The van der Waals surface area contributed by atoms with Crippen LogP contribution in [0.15, 0.2) is 18.2 Å². The molecule has 0 N–H and O–H groups in total. The normalized spacial score (nSPS) is 10.7. The predicted octanol–water partition coefficient (Wildman–Crippen LogP) is 4.15. The Morgan fingerprint density at radius 3 is 2.73 bits per heavy atom. The van der Waals surface area contributed by atoms with Crippen molar-refractivity contribution < 1.29 is 9.13 Å². The summed E-state index contributed by atoms with van der Waals surface area (Å²) < 4.78 is 18.9. The van der Waals surface area contributed by atoms with Gasteiger partial charge in [0, 0.05) is 10.9 Å². The quantitative estimate of drug-likeness (QED) is 0.734. The maximum Gasteiger partial charge on any atom is 0.165 e. The molecule has 0 heterocycles. The predicted molar refractivity (Wildman–Crippen MR) is 64.0 cm³/mol. The Morgan fingerprint density at radius 2 is 2.13 bits per heavy atom. The molecule has 0 atom stereocenters. The van der Waals surface area contributed by atoms with Crippen molar-refractivity contribution in [3.63, 3.8) is 0 Å². The molecular weight excluding hydrogens is 259 g/mol. The summed E-state index contributed by atoms with van der Waals surface area (Å²) in [7, 11) is 0. The standard InChI is InChI=1S/C12H16BrFO/c1-9(2)6-7-15-12-10(8-13)4-3-5-11(12)14/h3-5,9H,6-8H2,1-2H3. The van der Waals surface area contributed by atoms with Crippen molar-refractivity contribution in [3.05, 3.63) is 29.6 Å². The number of halogens is 2. The molecule has 84 valence electrons. The molecule has 3 heteroatoms. The molecule has 1 rings (SSSR count). The van der Waals surface area contributed by atoms with Crippen LogP contribution in [0.2, 0.25) is 0 Å². The minimum absolute atomic E-state index is 0.282. The summed E-state index contributed by atoms with van der Waals surface area (Å²) >= 11 is 3.32. The first kappa shape index (κ1) is 12.5. The number of rotatable bonds is 5. The van der Waals surface area contributed by atoms with Gasteiger partial charge >= 0.3 is 0 Å². The highest BCUT2D eigenvalue weighted by molar-refractivity contribution is 9.08. The van der Waals surface area contributed by atoms with Gasteiger partial charge in [0.25, 0.3) is 0 Å². The van der Waals surface area contributed by atoms with Crippen LogP contribution in [0.25, 0.3) is 0 Å². The smallest absolute Gasteiger partial charge is 0.165 e. The lowest BCUT2D eigenvalue weighted by molar-refractivity contribution is 0.275. The lowest BCUT2D eigenvalue weighted by atomic mass is 10.1. The fraction of sp³-hybridized carbons (Fsp3) is 0.500. The number of alkyl halides is 1. The van der Waals surface area contributed by atoms with Gasteiger partial charge in [0.1, 0.15) is 0 Å². The van der Waals surface area contributed by atoms with Crippen molar-refractivity contribution in [1.29, 1.82) is 0 Å². The first-order valence-electron chi connectivity index (χ1n) is 5.11. The summed E-state index contributed by atoms with van der Waals surface area (Å²) in [5.74, 6) is 0.676. The van der Waals surface area contributed by atoms with E-state index in [4.69, 9.17) is 4.74 Å². The van der Waals surface area contributed by atoms with E-state index in [0.717, 1.165) is 12.0 Å². The van der Waals surface area contributed by atoms with Gasteiger partial charge in [-0.1, -0.05) is 41.9 Å². The summed E-state index contributed by atoms with van der Waals surface area (Å²) in [6.07, 6.45) is 0.941. The molecule has 0 saturated carbocycles. The molecule has 0 aliphatic carbocycles. The van der Waals surface area contributed by atoms with Crippen LogP contribution >= 0.6 is 15.9 Å². The number of benzene rings is 1. The van der Waals surface area contributed by atoms with Gasteiger partial charge in [-0.2, -0.15) is 0 Å². The van der Waals surface area contributed by atoms with Crippen LogP contribution in [0.5, 0.6) is 5.75 Å². The van der Waals surface area contributed by atoms with Crippen molar-refractivity contribution in [2.45, 2.75) is 25.6 Å². The molecule has 0 aromatic heterocycles. The second-order valence-electron chi connectivity index (χ2n) is 3.89. The molecular formula is C12H16BrFO. The summed E-state index contributed by atoms with van der Waals surface area (Å²) in [6.45, 7) is 4.81. The largest absolute Gasteiger partial charge is 0.490 e. The Kier molecular flexibility index (Phi) is 5.09. The molecule has 0 spiro atoms. The van der Waals surface area contributed by atoms with Crippen LogP contribution in [0.4, 0.5) is 4.39 Å². The molecule has 0 radical (unpaired) electrons. The monoisotopic (exact) mass is 274 g/mol. The minimum atomic E-state index is -0.282. The third-order valence-corrected chi connectivity index (χ3v) is 2.74. The molecule has 0 amide bonds. The Morgan fingerprint density at radius 1 is 1.40 bits per heavy atom. The second kappa shape index (κ2) is 6.11. The van der Waals surface area contributed by atoms with Crippen molar-refractivity contribution in [3.8, 4) is 5.75 Å². The lowest BCUT2D eigenvalue weighted by Gasteiger charge is -2.11. The van der Waals surface area contributed by atoms with E-state index < -0.39 is 0 Å². The Bertz CT molecular complexity index is 312. The molecule has 15 heavy (non-hydrogen) atoms. The highest BCUT2D eigenvalue weighted by Gasteiger charge is 2.08. The zero-order valence-electron chi connectivity index (χ0n) is 9.09. The maximum absolute atomic E-state index is 13.4. The zero-order chi connectivity index (χ0) is 11.3. The van der Waals surface area contributed by atoms with Gasteiger partial charge in [-0.25, -0.2) is 4.39 Å². The van der Waals surface area contributed by atoms with Gasteiger partial charge in [0.2, 0.25) is 0 Å². The second-order valence-corrected chi connectivity index (χ2v) is 4.45. The summed E-state index contributed by atoms with van der Waals surface area (Å²) in [6, 6.07) is 4.99. The summed E-state index contributed by atoms with van der Waals surface area (Å²) in [5, 5.41) is 0.613. The van der Waals surface area contributed by atoms with Crippen molar-refractivity contribution in [1.82, 2.24) is 0 Å². The fourth-order valence-electron chi connectivity index (χ4n) is 1.22. The first-order chi connectivity index (χ1) is 7.15. The molecule has 0 saturated heterocycles. The van der Waals surface area contributed by atoms with Gasteiger partial charge < -0.3 is 4.74 Å². The third-order valence-electron chi connectivity index (χ3n) is 2.13. The van der Waals surface area contributed by atoms with E-state index in [9.17, 15) is 4.39 Å². The van der Waals surface area contributed by atoms with E-state index in [1.54, 1.807) is 6.07 Å². The molecule has 0 bridgehead atoms. The number of hydrogen-bond acceptors (Lipinski definition) is 1. The van der Waals surface area contributed by atoms with Gasteiger partial charge in [0.05, 0.1) is 6.61 Å². The number of hydrogen-bond donors (Lipinski definition) is 0.